The van der Waals surface area contributed by atoms with Gasteiger partial charge in [0, 0.05) is 12.2 Å². The van der Waals surface area contributed by atoms with Crippen molar-refractivity contribution in [3.05, 3.63) is 29.6 Å². The molecule has 0 aliphatic heterocycles. The minimum absolute atomic E-state index is 0.176. The Kier molecular flexibility index (Phi) is 4.77. The number of pyridine rings is 1. The van der Waals surface area contributed by atoms with Gasteiger partial charge in [0.15, 0.2) is 0 Å². The van der Waals surface area contributed by atoms with E-state index in [9.17, 15) is 14.7 Å². The Balaban J connectivity index is 1.81. The third-order valence-electron chi connectivity index (χ3n) is 3.98. The summed E-state index contributed by atoms with van der Waals surface area (Å²) in [6.07, 6.45) is 3.07. The van der Waals surface area contributed by atoms with Crippen LogP contribution in [0.2, 0.25) is 0 Å². The third kappa shape index (κ3) is 3.93. The Hall–Kier alpha value is -2.11. The second-order valence-corrected chi connectivity index (χ2v) is 5.60. The van der Waals surface area contributed by atoms with Crippen LogP contribution < -0.4 is 10.6 Å². The number of carbonyl (C=O) groups excluding carboxylic acids is 1. The average Bonchev–Trinajstić information content (AvgIpc) is 2.93. The van der Waals surface area contributed by atoms with Crippen LogP contribution in [0.1, 0.15) is 37.1 Å². The normalized spacial score (nSPS) is 16.4. The van der Waals surface area contributed by atoms with Gasteiger partial charge in [0.1, 0.15) is 0 Å². The lowest BCUT2D eigenvalue weighted by molar-refractivity contribution is -0.148. The van der Waals surface area contributed by atoms with Gasteiger partial charge in [-0.25, -0.2) is 4.79 Å². The number of carboxylic acid groups (broad SMARTS) is 1. The number of hydrogen-bond donors (Lipinski definition) is 3. The van der Waals surface area contributed by atoms with E-state index in [-0.39, 0.29) is 12.6 Å². The van der Waals surface area contributed by atoms with Crippen molar-refractivity contribution in [2.75, 3.05) is 6.54 Å². The second kappa shape index (κ2) is 6.56. The van der Waals surface area contributed by atoms with E-state index in [0.717, 1.165) is 24.2 Å². The molecular weight excluding hydrogens is 270 g/mol. The van der Waals surface area contributed by atoms with Crippen LogP contribution in [-0.2, 0) is 11.3 Å². The van der Waals surface area contributed by atoms with Crippen molar-refractivity contribution in [2.45, 2.75) is 39.2 Å². The van der Waals surface area contributed by atoms with Gasteiger partial charge in [-0.15, -0.1) is 0 Å². The van der Waals surface area contributed by atoms with Crippen molar-refractivity contribution < 1.29 is 14.7 Å². The van der Waals surface area contributed by atoms with E-state index in [1.165, 1.54) is 0 Å². The van der Waals surface area contributed by atoms with Gasteiger partial charge in [0.2, 0.25) is 0 Å². The molecule has 0 saturated heterocycles. The zero-order chi connectivity index (χ0) is 15.3. The van der Waals surface area contributed by atoms with Crippen molar-refractivity contribution in [1.29, 1.82) is 0 Å². The summed E-state index contributed by atoms with van der Waals surface area (Å²) in [5, 5.41) is 14.7. The Bertz CT molecular complexity index is 525. The molecule has 1 fully saturated rings. The van der Waals surface area contributed by atoms with Crippen LogP contribution in [0.15, 0.2) is 18.2 Å². The molecule has 1 saturated carbocycles. The molecule has 1 heterocycles. The van der Waals surface area contributed by atoms with Crippen LogP contribution in [0.25, 0.3) is 0 Å². The molecule has 0 spiro atoms. The SMILES string of the molecule is Cc1cccc(CNC(=O)NCC2(C(=O)O)CCCC2)n1. The number of aliphatic carboxylic acids is 1. The summed E-state index contributed by atoms with van der Waals surface area (Å²) >= 11 is 0. The molecule has 3 N–H and O–H groups in total. The Morgan fingerprint density at radius 2 is 2.00 bits per heavy atom. The molecule has 1 aliphatic rings. The number of hydrogen-bond acceptors (Lipinski definition) is 3. The highest BCUT2D eigenvalue weighted by molar-refractivity contribution is 5.78. The van der Waals surface area contributed by atoms with E-state index in [4.69, 9.17) is 0 Å². The van der Waals surface area contributed by atoms with Crippen LogP contribution in [0.4, 0.5) is 4.79 Å². The van der Waals surface area contributed by atoms with Crippen molar-refractivity contribution in [2.24, 2.45) is 5.41 Å². The molecule has 0 aromatic carbocycles. The standard InChI is InChI=1S/C15H21N3O3/c1-11-5-4-6-12(18-11)9-16-14(21)17-10-15(13(19)20)7-2-3-8-15/h4-6H,2-3,7-10H2,1H3,(H,19,20)(H2,16,17,21). The van der Waals surface area contributed by atoms with Gasteiger partial charge >= 0.3 is 12.0 Å². The maximum Gasteiger partial charge on any atom is 0.315 e. The van der Waals surface area contributed by atoms with Gasteiger partial charge in [0.25, 0.3) is 0 Å². The lowest BCUT2D eigenvalue weighted by Crippen LogP contribution is -2.44. The highest BCUT2D eigenvalue weighted by Crippen LogP contribution is 2.37. The van der Waals surface area contributed by atoms with Crippen molar-refractivity contribution in [3.8, 4) is 0 Å². The number of carbonyl (C=O) groups is 2. The summed E-state index contributed by atoms with van der Waals surface area (Å²) in [7, 11) is 0. The number of nitrogens with zero attached hydrogens (tertiary/aromatic N) is 1. The smallest absolute Gasteiger partial charge is 0.315 e. The number of aryl methyl sites for hydroxylation is 1. The second-order valence-electron chi connectivity index (χ2n) is 5.60. The van der Waals surface area contributed by atoms with Gasteiger partial charge in [-0.2, -0.15) is 0 Å². The maximum atomic E-state index is 11.8. The van der Waals surface area contributed by atoms with Crippen LogP contribution in [0, 0.1) is 12.3 Å². The van der Waals surface area contributed by atoms with Crippen LogP contribution in [0.5, 0.6) is 0 Å². The molecule has 1 aromatic rings. The van der Waals surface area contributed by atoms with Crippen LogP contribution >= 0.6 is 0 Å². The zero-order valence-electron chi connectivity index (χ0n) is 12.2. The first-order valence-electron chi connectivity index (χ1n) is 7.19. The highest BCUT2D eigenvalue weighted by atomic mass is 16.4. The average molecular weight is 291 g/mol. The largest absolute Gasteiger partial charge is 0.481 e. The van der Waals surface area contributed by atoms with Gasteiger partial charge in [-0.05, 0) is 31.9 Å². The van der Waals surface area contributed by atoms with Crippen molar-refractivity contribution in [1.82, 2.24) is 15.6 Å². The Morgan fingerprint density at radius 3 is 2.62 bits per heavy atom. The predicted octanol–water partition coefficient (Wildman–Crippen LogP) is 1.83. The lowest BCUT2D eigenvalue weighted by Gasteiger charge is -2.24. The van der Waals surface area contributed by atoms with Gasteiger partial charge < -0.3 is 15.7 Å². The van der Waals surface area contributed by atoms with Crippen molar-refractivity contribution >= 4 is 12.0 Å². The van der Waals surface area contributed by atoms with E-state index in [0.29, 0.717) is 19.4 Å². The molecule has 2 rings (SSSR count). The summed E-state index contributed by atoms with van der Waals surface area (Å²) in [5.41, 5.74) is 0.878. The number of rotatable bonds is 5. The summed E-state index contributed by atoms with van der Waals surface area (Å²) in [6, 6.07) is 5.25. The van der Waals surface area contributed by atoms with E-state index in [1.54, 1.807) is 0 Å². The zero-order valence-corrected chi connectivity index (χ0v) is 12.2. The number of aromatic nitrogens is 1. The summed E-state index contributed by atoms with van der Waals surface area (Å²) in [4.78, 5) is 27.4. The monoisotopic (exact) mass is 291 g/mol. The minimum Gasteiger partial charge on any atom is -0.481 e. The Labute approximate surface area is 124 Å². The van der Waals surface area contributed by atoms with Crippen molar-refractivity contribution in [3.63, 3.8) is 0 Å². The molecule has 0 bridgehead atoms. The molecule has 0 radical (unpaired) electrons. The molecule has 2 amide bonds. The predicted molar refractivity (Wildman–Crippen MR) is 77.7 cm³/mol. The first-order chi connectivity index (χ1) is 10.0. The number of nitrogens with one attached hydrogen (secondary N) is 2. The summed E-state index contributed by atoms with van der Waals surface area (Å²) in [6.45, 7) is 2.39. The molecule has 1 aliphatic carbocycles. The van der Waals surface area contributed by atoms with E-state index < -0.39 is 11.4 Å². The quantitative estimate of drug-likeness (QED) is 0.772. The fraction of sp³-hybridized carbons (Fsp3) is 0.533. The molecule has 0 atom stereocenters. The number of urea groups is 1. The molecule has 1 aromatic heterocycles. The number of amides is 2. The van der Waals surface area contributed by atoms with E-state index in [1.807, 2.05) is 25.1 Å². The molecule has 21 heavy (non-hydrogen) atoms. The fourth-order valence-corrected chi connectivity index (χ4v) is 2.70. The maximum absolute atomic E-state index is 11.8. The topological polar surface area (TPSA) is 91.3 Å². The highest BCUT2D eigenvalue weighted by Gasteiger charge is 2.41. The van der Waals surface area contributed by atoms with E-state index >= 15 is 0 Å². The lowest BCUT2D eigenvalue weighted by atomic mass is 9.86. The molecule has 0 unspecified atom stereocenters. The molecule has 6 nitrogen and oxygen atoms in total. The van der Waals surface area contributed by atoms with Gasteiger partial charge in [0.05, 0.1) is 17.7 Å². The Morgan fingerprint density at radius 1 is 1.29 bits per heavy atom. The first-order valence-corrected chi connectivity index (χ1v) is 7.19. The van der Waals surface area contributed by atoms with Gasteiger partial charge in [-0.1, -0.05) is 18.9 Å². The fourth-order valence-electron chi connectivity index (χ4n) is 2.70. The third-order valence-corrected chi connectivity index (χ3v) is 3.98. The molecule has 6 heteroatoms. The van der Waals surface area contributed by atoms with E-state index in [2.05, 4.69) is 15.6 Å². The van der Waals surface area contributed by atoms with Crippen LogP contribution in [0.3, 0.4) is 0 Å². The first kappa shape index (κ1) is 15.3. The summed E-state index contributed by atoms with van der Waals surface area (Å²) in [5.74, 6) is -0.819. The molecule has 114 valence electrons. The molecular formula is C15H21N3O3. The van der Waals surface area contributed by atoms with Gasteiger partial charge in [-0.3, -0.25) is 9.78 Å². The van der Waals surface area contributed by atoms with Crippen LogP contribution in [-0.4, -0.2) is 28.6 Å². The number of carboxylic acids is 1. The summed E-state index contributed by atoms with van der Waals surface area (Å²) < 4.78 is 0. The minimum atomic E-state index is -0.819.